The average molecular weight is 337 g/mol. The van der Waals surface area contributed by atoms with Gasteiger partial charge in [0.1, 0.15) is 11.3 Å². The van der Waals surface area contributed by atoms with E-state index in [2.05, 4.69) is 27.7 Å². The molecule has 0 aliphatic heterocycles. The fourth-order valence-electron chi connectivity index (χ4n) is 2.82. The first-order valence-electron chi connectivity index (χ1n) is 8.34. The normalized spacial score (nSPS) is 12.3. The number of furan rings is 1. The zero-order valence-corrected chi connectivity index (χ0v) is 14.5. The summed E-state index contributed by atoms with van der Waals surface area (Å²) in [6, 6.07) is 19.8. The van der Waals surface area contributed by atoms with Crippen molar-refractivity contribution in [3.05, 3.63) is 72.0 Å². The molecule has 3 rings (SSSR count). The van der Waals surface area contributed by atoms with Crippen molar-refractivity contribution in [2.45, 2.75) is 12.6 Å². The molecule has 5 heteroatoms. The number of likely N-dealkylation sites (N-methyl/N-ethyl adjacent to an activating group) is 1. The molecule has 1 heterocycles. The molecule has 130 valence electrons. The van der Waals surface area contributed by atoms with Gasteiger partial charge in [0, 0.05) is 11.9 Å². The van der Waals surface area contributed by atoms with Crippen LogP contribution in [0.25, 0.3) is 11.0 Å². The molecule has 0 saturated carbocycles. The Morgan fingerprint density at radius 2 is 1.76 bits per heavy atom. The monoisotopic (exact) mass is 337 g/mol. The molecule has 1 unspecified atom stereocenters. The Hall–Kier alpha value is -2.79. The topological polar surface area (TPSA) is 57.5 Å². The lowest BCUT2D eigenvalue weighted by Gasteiger charge is -2.25. The molecule has 2 amide bonds. The van der Waals surface area contributed by atoms with E-state index in [0.29, 0.717) is 13.1 Å². The first-order valence-corrected chi connectivity index (χ1v) is 8.34. The Balaban J connectivity index is 1.53. The van der Waals surface area contributed by atoms with Crippen LogP contribution in [-0.4, -0.2) is 31.6 Å². The van der Waals surface area contributed by atoms with Gasteiger partial charge in [0.15, 0.2) is 0 Å². The predicted octanol–water partition coefficient (Wildman–Crippen LogP) is 3.53. The van der Waals surface area contributed by atoms with Gasteiger partial charge in [-0.15, -0.1) is 0 Å². The van der Waals surface area contributed by atoms with Gasteiger partial charge in [-0.25, -0.2) is 4.79 Å². The minimum atomic E-state index is -0.205. The number of fused-ring (bicyclic) bond motifs is 1. The van der Waals surface area contributed by atoms with Crippen molar-refractivity contribution in [3.8, 4) is 0 Å². The number of nitrogens with zero attached hydrogens (tertiary/aromatic N) is 1. The van der Waals surface area contributed by atoms with E-state index in [-0.39, 0.29) is 12.1 Å². The lowest BCUT2D eigenvalue weighted by molar-refractivity contribution is 0.231. The van der Waals surface area contributed by atoms with E-state index in [1.807, 2.05) is 62.6 Å². The fourth-order valence-corrected chi connectivity index (χ4v) is 2.82. The van der Waals surface area contributed by atoms with Crippen molar-refractivity contribution < 1.29 is 9.21 Å². The van der Waals surface area contributed by atoms with E-state index in [1.165, 1.54) is 5.56 Å². The van der Waals surface area contributed by atoms with Crippen LogP contribution in [0, 0.1) is 0 Å². The number of urea groups is 1. The Labute approximate surface area is 147 Å². The van der Waals surface area contributed by atoms with Crippen molar-refractivity contribution in [1.82, 2.24) is 15.5 Å². The zero-order chi connectivity index (χ0) is 17.6. The highest BCUT2D eigenvalue weighted by Crippen LogP contribution is 2.19. The third-order valence-electron chi connectivity index (χ3n) is 4.16. The summed E-state index contributed by atoms with van der Waals surface area (Å²) in [7, 11) is 4.01. The van der Waals surface area contributed by atoms with Crippen molar-refractivity contribution in [1.29, 1.82) is 0 Å². The molecule has 1 atom stereocenters. The van der Waals surface area contributed by atoms with Gasteiger partial charge in [0.2, 0.25) is 0 Å². The smallest absolute Gasteiger partial charge is 0.315 e. The second-order valence-corrected chi connectivity index (χ2v) is 6.20. The molecular weight excluding hydrogens is 314 g/mol. The highest BCUT2D eigenvalue weighted by molar-refractivity contribution is 5.78. The third-order valence-corrected chi connectivity index (χ3v) is 4.16. The molecule has 0 saturated heterocycles. The van der Waals surface area contributed by atoms with Crippen molar-refractivity contribution in [2.24, 2.45) is 0 Å². The second kappa shape index (κ2) is 7.85. The maximum atomic E-state index is 12.1. The molecule has 0 radical (unpaired) electrons. The number of carbonyl (C=O) groups excluding carboxylic acids is 1. The lowest BCUT2D eigenvalue weighted by Crippen LogP contribution is -2.40. The molecule has 5 nitrogen and oxygen atoms in total. The Kier molecular flexibility index (Phi) is 5.36. The van der Waals surface area contributed by atoms with Gasteiger partial charge in [0.05, 0.1) is 12.6 Å². The number of amides is 2. The molecule has 0 fully saturated rings. The van der Waals surface area contributed by atoms with Gasteiger partial charge in [-0.3, -0.25) is 0 Å². The van der Waals surface area contributed by atoms with Crippen LogP contribution in [0.3, 0.4) is 0 Å². The highest BCUT2D eigenvalue weighted by Gasteiger charge is 2.15. The van der Waals surface area contributed by atoms with Gasteiger partial charge in [-0.1, -0.05) is 48.5 Å². The van der Waals surface area contributed by atoms with E-state index >= 15 is 0 Å². The number of para-hydroxylation sites is 1. The molecule has 2 aromatic carbocycles. The van der Waals surface area contributed by atoms with E-state index in [9.17, 15) is 4.79 Å². The summed E-state index contributed by atoms with van der Waals surface area (Å²) in [5, 5.41) is 6.81. The summed E-state index contributed by atoms with van der Waals surface area (Å²) >= 11 is 0. The van der Waals surface area contributed by atoms with Crippen LogP contribution in [0.5, 0.6) is 0 Å². The largest absolute Gasteiger partial charge is 0.459 e. The molecule has 25 heavy (non-hydrogen) atoms. The molecule has 3 aromatic rings. The zero-order valence-electron chi connectivity index (χ0n) is 14.5. The SMILES string of the molecule is CN(C)C(CNC(=O)NCc1cc2ccccc2o1)c1ccccc1. The molecule has 0 aliphatic rings. The summed E-state index contributed by atoms with van der Waals surface area (Å²) in [5.41, 5.74) is 2.00. The first kappa shape index (κ1) is 17.0. The van der Waals surface area contributed by atoms with Crippen LogP contribution in [0.15, 0.2) is 65.1 Å². The van der Waals surface area contributed by atoms with Gasteiger partial charge < -0.3 is 20.0 Å². The number of rotatable bonds is 6. The van der Waals surface area contributed by atoms with Crippen molar-refractivity contribution in [3.63, 3.8) is 0 Å². The maximum absolute atomic E-state index is 12.1. The second-order valence-electron chi connectivity index (χ2n) is 6.20. The van der Waals surface area contributed by atoms with Crippen LogP contribution in [-0.2, 0) is 6.54 Å². The molecule has 0 spiro atoms. The van der Waals surface area contributed by atoms with Gasteiger partial charge in [0.25, 0.3) is 0 Å². The molecule has 1 aromatic heterocycles. The molecular formula is C20H23N3O2. The van der Waals surface area contributed by atoms with E-state index in [1.54, 1.807) is 0 Å². The van der Waals surface area contributed by atoms with Gasteiger partial charge in [-0.2, -0.15) is 0 Å². The van der Waals surface area contributed by atoms with Crippen LogP contribution >= 0.6 is 0 Å². The van der Waals surface area contributed by atoms with Crippen LogP contribution < -0.4 is 10.6 Å². The highest BCUT2D eigenvalue weighted by atomic mass is 16.3. The summed E-state index contributed by atoms with van der Waals surface area (Å²) in [6.07, 6.45) is 0. The standard InChI is InChI=1S/C20H23N3O2/c1-23(2)18(15-8-4-3-5-9-15)14-22-20(24)21-13-17-12-16-10-6-7-11-19(16)25-17/h3-12,18H,13-14H2,1-2H3,(H2,21,22,24). The Bertz CT molecular complexity index is 794. The molecule has 0 bridgehead atoms. The summed E-state index contributed by atoms with van der Waals surface area (Å²) < 4.78 is 5.70. The summed E-state index contributed by atoms with van der Waals surface area (Å²) in [4.78, 5) is 14.2. The number of hydrogen-bond donors (Lipinski definition) is 2. The van der Waals surface area contributed by atoms with Gasteiger partial charge >= 0.3 is 6.03 Å². The number of hydrogen-bond acceptors (Lipinski definition) is 3. The minimum Gasteiger partial charge on any atom is -0.459 e. The fraction of sp³-hybridized carbons (Fsp3) is 0.250. The van der Waals surface area contributed by atoms with Gasteiger partial charge in [-0.05, 0) is 31.8 Å². The van der Waals surface area contributed by atoms with Crippen molar-refractivity contribution >= 4 is 17.0 Å². The number of nitrogens with one attached hydrogen (secondary N) is 2. The van der Waals surface area contributed by atoms with Crippen LogP contribution in [0.4, 0.5) is 4.79 Å². The summed E-state index contributed by atoms with van der Waals surface area (Å²) in [6.45, 7) is 0.890. The predicted molar refractivity (Wildman–Crippen MR) is 99.3 cm³/mol. The van der Waals surface area contributed by atoms with Crippen LogP contribution in [0.2, 0.25) is 0 Å². The van der Waals surface area contributed by atoms with Crippen LogP contribution in [0.1, 0.15) is 17.4 Å². The average Bonchev–Trinajstić information content (AvgIpc) is 3.04. The lowest BCUT2D eigenvalue weighted by atomic mass is 10.1. The van der Waals surface area contributed by atoms with E-state index < -0.39 is 0 Å². The molecule has 0 aliphatic carbocycles. The number of carbonyl (C=O) groups is 1. The van der Waals surface area contributed by atoms with Crippen molar-refractivity contribution in [2.75, 3.05) is 20.6 Å². The number of benzene rings is 2. The summed E-state index contributed by atoms with van der Waals surface area (Å²) in [5.74, 6) is 0.739. The van der Waals surface area contributed by atoms with E-state index in [0.717, 1.165) is 16.7 Å². The Morgan fingerprint density at radius 1 is 1.04 bits per heavy atom. The third kappa shape index (κ3) is 4.39. The minimum absolute atomic E-state index is 0.123. The maximum Gasteiger partial charge on any atom is 0.315 e. The Morgan fingerprint density at radius 3 is 2.48 bits per heavy atom. The first-order chi connectivity index (χ1) is 12.1. The van der Waals surface area contributed by atoms with E-state index in [4.69, 9.17) is 4.42 Å². The quantitative estimate of drug-likeness (QED) is 0.723. The molecule has 2 N–H and O–H groups in total.